The number of allylic oxidation sites excluding steroid dienone is 1. The largest absolute Gasteiger partial charge is 0.499 e. The van der Waals surface area contributed by atoms with Crippen molar-refractivity contribution in [1.29, 1.82) is 0 Å². The van der Waals surface area contributed by atoms with Gasteiger partial charge in [-0.15, -0.1) is 6.58 Å². The molecular formula is C20H30OSi. The van der Waals surface area contributed by atoms with Crippen molar-refractivity contribution >= 4 is 8.32 Å². The third-order valence-electron chi connectivity index (χ3n) is 4.50. The van der Waals surface area contributed by atoms with E-state index in [4.69, 9.17) is 4.43 Å². The molecule has 0 spiro atoms. The lowest BCUT2D eigenvalue weighted by Gasteiger charge is -2.39. The highest BCUT2D eigenvalue weighted by Gasteiger charge is 2.46. The summed E-state index contributed by atoms with van der Waals surface area (Å²) in [5.41, 5.74) is 3.89. The molecule has 1 rings (SSSR count). The van der Waals surface area contributed by atoms with Crippen LogP contribution in [-0.4, -0.2) is 8.32 Å². The lowest BCUT2D eigenvalue weighted by atomic mass is 10.1. The smallest absolute Gasteiger partial charge is 0.272 e. The second kappa shape index (κ2) is 8.24. The first-order valence-corrected chi connectivity index (χ1v) is 10.4. The van der Waals surface area contributed by atoms with E-state index in [0.29, 0.717) is 16.6 Å². The van der Waals surface area contributed by atoms with Crippen molar-refractivity contribution in [3.8, 4) is 12.0 Å². The van der Waals surface area contributed by atoms with Gasteiger partial charge in [0.25, 0.3) is 8.32 Å². The Bertz CT molecular complexity index is 525. The molecule has 0 saturated carbocycles. The van der Waals surface area contributed by atoms with Crippen molar-refractivity contribution in [1.82, 2.24) is 0 Å². The van der Waals surface area contributed by atoms with Crippen LogP contribution in [0.15, 0.2) is 36.9 Å². The first-order chi connectivity index (χ1) is 10.4. The Balaban J connectivity index is 3.08. The summed E-state index contributed by atoms with van der Waals surface area (Å²) in [4.78, 5) is 0. The maximum Gasteiger partial charge on any atom is 0.272 e. The highest BCUT2D eigenvalue weighted by Crippen LogP contribution is 2.41. The molecule has 0 aliphatic rings. The minimum absolute atomic E-state index is 0.546. The van der Waals surface area contributed by atoms with Crippen LogP contribution in [-0.2, 0) is 10.8 Å². The predicted octanol–water partition coefficient (Wildman–Crippen LogP) is 5.92. The Morgan fingerprint density at radius 3 is 2.09 bits per heavy atom. The van der Waals surface area contributed by atoms with Crippen LogP contribution in [0.3, 0.4) is 0 Å². The van der Waals surface area contributed by atoms with Gasteiger partial charge in [-0.25, -0.2) is 0 Å². The van der Waals surface area contributed by atoms with E-state index in [0.717, 1.165) is 12.0 Å². The number of rotatable bonds is 6. The van der Waals surface area contributed by atoms with Crippen LogP contribution in [0.1, 0.15) is 52.7 Å². The van der Waals surface area contributed by atoms with E-state index in [1.807, 2.05) is 18.2 Å². The quantitative estimate of drug-likeness (QED) is 0.360. The molecule has 0 amide bonds. The van der Waals surface area contributed by atoms with Crippen molar-refractivity contribution < 1.29 is 4.43 Å². The second-order valence-electron chi connectivity index (χ2n) is 6.80. The lowest BCUT2D eigenvalue weighted by Crippen LogP contribution is -2.46. The van der Waals surface area contributed by atoms with Gasteiger partial charge in [0.2, 0.25) is 0 Å². The fourth-order valence-corrected chi connectivity index (χ4v) is 8.43. The minimum Gasteiger partial charge on any atom is -0.499 e. The van der Waals surface area contributed by atoms with E-state index in [2.05, 4.69) is 72.3 Å². The summed E-state index contributed by atoms with van der Waals surface area (Å²) in [7, 11) is -1.91. The maximum absolute atomic E-state index is 6.30. The molecule has 2 heteroatoms. The summed E-state index contributed by atoms with van der Waals surface area (Å²) in [5.74, 6) is 3.23. The van der Waals surface area contributed by atoms with Crippen LogP contribution in [0.2, 0.25) is 16.6 Å². The molecule has 0 aliphatic carbocycles. The number of hydrogen-bond donors (Lipinski definition) is 0. The first-order valence-electron chi connectivity index (χ1n) is 8.24. The molecule has 0 atom stereocenters. The summed E-state index contributed by atoms with van der Waals surface area (Å²) < 4.78 is 6.30. The van der Waals surface area contributed by atoms with Crippen molar-refractivity contribution in [2.24, 2.45) is 0 Å². The highest BCUT2D eigenvalue weighted by molar-refractivity contribution is 6.77. The second-order valence-corrected chi connectivity index (χ2v) is 12.2. The molecule has 1 nitrogen and oxygen atoms in total. The van der Waals surface area contributed by atoms with E-state index >= 15 is 0 Å². The molecule has 120 valence electrons. The zero-order chi connectivity index (χ0) is 16.8. The van der Waals surface area contributed by atoms with Gasteiger partial charge in [0.1, 0.15) is 6.11 Å². The van der Waals surface area contributed by atoms with Crippen LogP contribution in [0.4, 0.5) is 0 Å². The maximum atomic E-state index is 6.30. The van der Waals surface area contributed by atoms with Crippen molar-refractivity contribution in [2.45, 2.75) is 64.6 Å². The van der Waals surface area contributed by atoms with Gasteiger partial charge in [-0.05, 0) is 40.6 Å². The monoisotopic (exact) mass is 314 g/mol. The molecule has 0 radical (unpaired) electrons. The van der Waals surface area contributed by atoms with E-state index in [1.54, 1.807) is 0 Å². The van der Waals surface area contributed by atoms with Gasteiger partial charge >= 0.3 is 0 Å². The average molecular weight is 315 g/mol. The Hall–Kier alpha value is -1.46. The minimum atomic E-state index is -1.91. The zero-order valence-corrected chi connectivity index (χ0v) is 15.9. The molecule has 1 aromatic carbocycles. The van der Waals surface area contributed by atoms with E-state index in [1.165, 1.54) is 5.56 Å². The van der Waals surface area contributed by atoms with Gasteiger partial charge in [-0.1, -0.05) is 65.8 Å². The van der Waals surface area contributed by atoms with Crippen LogP contribution in [0.25, 0.3) is 0 Å². The fraction of sp³-hybridized carbons (Fsp3) is 0.500. The van der Waals surface area contributed by atoms with Gasteiger partial charge in [0.05, 0.1) is 0 Å². The van der Waals surface area contributed by atoms with Crippen LogP contribution < -0.4 is 0 Å². The summed E-state index contributed by atoms with van der Waals surface area (Å²) in [6, 6.07) is 8.22. The van der Waals surface area contributed by atoms with E-state index in [-0.39, 0.29) is 0 Å². The first kappa shape index (κ1) is 18.6. The van der Waals surface area contributed by atoms with Gasteiger partial charge in [0.15, 0.2) is 0 Å². The Morgan fingerprint density at radius 1 is 1.05 bits per heavy atom. The van der Waals surface area contributed by atoms with Crippen LogP contribution in [0.5, 0.6) is 0 Å². The molecule has 0 unspecified atom stereocenters. The van der Waals surface area contributed by atoms with Crippen LogP contribution in [0, 0.1) is 12.0 Å². The van der Waals surface area contributed by atoms with Gasteiger partial charge in [0, 0.05) is 5.56 Å². The van der Waals surface area contributed by atoms with Crippen molar-refractivity contribution in [3.63, 3.8) is 0 Å². The Labute approximate surface area is 137 Å². The lowest BCUT2D eigenvalue weighted by molar-refractivity contribution is 0.447. The van der Waals surface area contributed by atoms with E-state index < -0.39 is 8.32 Å². The third kappa shape index (κ3) is 4.05. The molecule has 0 N–H and O–H groups in total. The highest BCUT2D eigenvalue weighted by atomic mass is 28.4. The molecule has 22 heavy (non-hydrogen) atoms. The van der Waals surface area contributed by atoms with E-state index in [9.17, 15) is 0 Å². The van der Waals surface area contributed by atoms with Crippen molar-refractivity contribution in [3.05, 3.63) is 48.0 Å². The molecule has 1 aromatic rings. The van der Waals surface area contributed by atoms with Crippen molar-refractivity contribution in [2.75, 3.05) is 0 Å². The molecule has 0 bridgehead atoms. The third-order valence-corrected chi connectivity index (χ3v) is 10.4. The van der Waals surface area contributed by atoms with Gasteiger partial charge < -0.3 is 4.43 Å². The summed E-state index contributed by atoms with van der Waals surface area (Å²) in [6.07, 6.45) is 5.82. The molecule has 0 heterocycles. The summed E-state index contributed by atoms with van der Waals surface area (Å²) >= 11 is 0. The fourth-order valence-electron chi connectivity index (χ4n) is 3.50. The SMILES string of the molecule is C=CCc1ccccc1C#CO[Si](C(C)C)(C(C)C)C(C)C. The molecular weight excluding hydrogens is 284 g/mol. The molecule has 0 aromatic heterocycles. The predicted molar refractivity (Wildman–Crippen MR) is 99.4 cm³/mol. The van der Waals surface area contributed by atoms with Gasteiger partial charge in [-0.3, -0.25) is 0 Å². The Kier molecular flexibility index (Phi) is 6.96. The zero-order valence-electron chi connectivity index (χ0n) is 14.9. The summed E-state index contributed by atoms with van der Waals surface area (Å²) in [6.45, 7) is 17.5. The molecule has 0 saturated heterocycles. The van der Waals surface area contributed by atoms with Crippen LogP contribution >= 0.6 is 0 Å². The number of hydrogen-bond acceptors (Lipinski definition) is 1. The normalized spacial score (nSPS) is 11.5. The summed E-state index contributed by atoms with van der Waals surface area (Å²) in [5, 5.41) is 0. The average Bonchev–Trinajstić information content (AvgIpc) is 2.44. The topological polar surface area (TPSA) is 9.23 Å². The van der Waals surface area contributed by atoms with Gasteiger partial charge in [-0.2, -0.15) is 0 Å². The molecule has 0 aliphatic heterocycles. The number of benzene rings is 1. The Morgan fingerprint density at radius 2 is 1.59 bits per heavy atom. The standard InChI is InChI=1S/C20H30OSi/c1-8-11-19-12-9-10-13-20(19)14-15-21-22(16(2)3,17(4)5)18(6)7/h8-10,12-13,16-18H,1,11H2,2-7H3. The molecule has 0 fully saturated rings.